The lowest BCUT2D eigenvalue weighted by Gasteiger charge is -2.32. The molecule has 0 unspecified atom stereocenters. The Kier molecular flexibility index (Phi) is 9.03. The van der Waals surface area contributed by atoms with Gasteiger partial charge in [0.1, 0.15) is 0 Å². The van der Waals surface area contributed by atoms with E-state index in [1.165, 1.54) is 17.0 Å². The lowest BCUT2D eigenvalue weighted by molar-refractivity contribution is -0.163. The number of carboxylic acids is 1. The molecule has 0 spiro atoms. The number of halogens is 6. The molecule has 40 heavy (non-hydrogen) atoms. The molecule has 4 rings (SSSR count). The molecular formula is C27H26F6N2O4S. The van der Waals surface area contributed by atoms with E-state index in [0.29, 0.717) is 36.8 Å². The largest absolute Gasteiger partial charge is 0.481 e. The summed E-state index contributed by atoms with van der Waals surface area (Å²) in [5.74, 6) is -2.15. The SMILES string of the molecule is O=C(O)[C@@H]1CCCN(c2cccc(Sc3ccc(/C=C/C(=O)N4CCOCC4)c(C(F)(F)F)c3C(F)(F)F)c2)C1. The van der Waals surface area contributed by atoms with Crippen molar-refractivity contribution < 1.29 is 45.8 Å². The molecule has 2 saturated heterocycles. The second-order valence-corrected chi connectivity index (χ2v) is 10.5. The molecule has 0 radical (unpaired) electrons. The summed E-state index contributed by atoms with van der Waals surface area (Å²) in [6.45, 7) is 1.75. The van der Waals surface area contributed by atoms with Gasteiger partial charge in [0, 0.05) is 47.7 Å². The molecule has 2 heterocycles. The van der Waals surface area contributed by atoms with E-state index in [0.717, 1.165) is 24.3 Å². The summed E-state index contributed by atoms with van der Waals surface area (Å²) < 4.78 is 90.2. The zero-order valence-electron chi connectivity index (χ0n) is 21.1. The van der Waals surface area contributed by atoms with Crippen LogP contribution in [0, 0.1) is 5.92 Å². The Morgan fingerprint density at radius 3 is 2.33 bits per heavy atom. The molecule has 2 aromatic carbocycles. The summed E-state index contributed by atoms with van der Waals surface area (Å²) in [4.78, 5) is 26.6. The van der Waals surface area contributed by atoms with Crippen LogP contribution in [-0.2, 0) is 26.7 Å². The fraction of sp³-hybridized carbons (Fsp3) is 0.407. The number of hydrogen-bond donors (Lipinski definition) is 1. The number of carboxylic acid groups (broad SMARTS) is 1. The monoisotopic (exact) mass is 588 g/mol. The molecule has 2 aliphatic heterocycles. The van der Waals surface area contributed by atoms with Gasteiger partial charge in [-0.15, -0.1) is 0 Å². The maximum Gasteiger partial charge on any atom is 0.418 e. The number of morpholine rings is 1. The Bertz CT molecular complexity index is 1270. The normalized spacial score (nSPS) is 18.8. The van der Waals surface area contributed by atoms with Crippen LogP contribution in [0.4, 0.5) is 32.0 Å². The molecule has 1 amide bonds. The van der Waals surface area contributed by atoms with Crippen molar-refractivity contribution in [1.82, 2.24) is 4.90 Å². The van der Waals surface area contributed by atoms with Gasteiger partial charge in [-0.2, -0.15) is 26.3 Å². The van der Waals surface area contributed by atoms with Crippen LogP contribution in [-0.4, -0.2) is 61.3 Å². The lowest BCUT2D eigenvalue weighted by atomic mass is 9.98. The fourth-order valence-electron chi connectivity index (χ4n) is 4.74. The lowest BCUT2D eigenvalue weighted by Crippen LogP contribution is -2.39. The molecule has 216 valence electrons. The number of benzene rings is 2. The second kappa shape index (κ2) is 12.1. The van der Waals surface area contributed by atoms with Crippen LogP contribution in [0.2, 0.25) is 0 Å². The van der Waals surface area contributed by atoms with Gasteiger partial charge in [0.05, 0.1) is 30.3 Å². The number of hydrogen-bond acceptors (Lipinski definition) is 5. The van der Waals surface area contributed by atoms with Gasteiger partial charge < -0.3 is 19.6 Å². The number of carbonyl (C=O) groups excluding carboxylic acids is 1. The number of carbonyl (C=O) groups is 2. The van der Waals surface area contributed by atoms with Gasteiger partial charge in [0.2, 0.25) is 5.91 Å². The van der Waals surface area contributed by atoms with Crippen LogP contribution >= 0.6 is 11.8 Å². The molecular weight excluding hydrogens is 562 g/mol. The highest BCUT2D eigenvalue weighted by Crippen LogP contribution is 2.48. The van der Waals surface area contributed by atoms with Gasteiger partial charge >= 0.3 is 18.3 Å². The van der Waals surface area contributed by atoms with E-state index in [1.807, 2.05) is 0 Å². The Morgan fingerprint density at radius 2 is 1.68 bits per heavy atom. The minimum atomic E-state index is -5.36. The van der Waals surface area contributed by atoms with Crippen LogP contribution in [0.25, 0.3) is 6.08 Å². The Balaban J connectivity index is 1.68. The summed E-state index contributed by atoms with van der Waals surface area (Å²) in [5.41, 5.74) is -3.90. The van der Waals surface area contributed by atoms with E-state index in [9.17, 15) is 41.0 Å². The van der Waals surface area contributed by atoms with Crippen LogP contribution < -0.4 is 4.90 Å². The topological polar surface area (TPSA) is 70.1 Å². The molecule has 2 fully saturated rings. The van der Waals surface area contributed by atoms with Crippen molar-refractivity contribution in [2.24, 2.45) is 5.92 Å². The second-order valence-electron chi connectivity index (χ2n) is 9.39. The number of piperidine rings is 1. The van der Waals surface area contributed by atoms with E-state index in [-0.39, 0.29) is 37.7 Å². The maximum absolute atomic E-state index is 14.2. The molecule has 0 aromatic heterocycles. The first-order valence-electron chi connectivity index (χ1n) is 12.5. The van der Waals surface area contributed by atoms with Gasteiger partial charge in [0.15, 0.2) is 0 Å². The molecule has 13 heteroatoms. The van der Waals surface area contributed by atoms with Crippen molar-refractivity contribution >= 4 is 35.4 Å². The average molecular weight is 589 g/mol. The number of rotatable bonds is 6. The molecule has 1 atom stereocenters. The highest BCUT2D eigenvalue weighted by Gasteiger charge is 2.46. The highest BCUT2D eigenvalue weighted by molar-refractivity contribution is 7.99. The van der Waals surface area contributed by atoms with Gasteiger partial charge in [-0.3, -0.25) is 9.59 Å². The van der Waals surface area contributed by atoms with Gasteiger partial charge in [-0.1, -0.05) is 23.9 Å². The standard InChI is InChI=1S/C27H26F6N2O4S/c28-26(29,30)23-17(7-9-22(36)34-11-13-39-14-12-34)6-8-21(24(23)27(31,32)33)40-20-5-1-4-19(15-20)35-10-2-3-18(16-35)25(37)38/h1,4-9,15,18H,2-3,10-14,16H2,(H,37,38)/b9-7+/t18-/m1/s1. The van der Waals surface area contributed by atoms with Crippen LogP contribution in [0.5, 0.6) is 0 Å². The smallest absolute Gasteiger partial charge is 0.418 e. The van der Waals surface area contributed by atoms with E-state index in [4.69, 9.17) is 4.74 Å². The summed E-state index contributed by atoms with van der Waals surface area (Å²) in [6.07, 6.45) is -7.97. The van der Waals surface area contributed by atoms with E-state index >= 15 is 0 Å². The van der Waals surface area contributed by atoms with Crippen LogP contribution in [0.15, 0.2) is 52.3 Å². The highest BCUT2D eigenvalue weighted by atomic mass is 32.2. The summed E-state index contributed by atoms with van der Waals surface area (Å²) in [5, 5.41) is 9.35. The van der Waals surface area contributed by atoms with E-state index in [1.54, 1.807) is 17.0 Å². The number of amides is 1. The first-order valence-corrected chi connectivity index (χ1v) is 13.3. The average Bonchev–Trinajstić information content (AvgIpc) is 2.91. The zero-order valence-corrected chi connectivity index (χ0v) is 21.9. The van der Waals surface area contributed by atoms with E-state index < -0.39 is 51.7 Å². The predicted molar refractivity (Wildman–Crippen MR) is 136 cm³/mol. The number of anilines is 1. The molecule has 0 bridgehead atoms. The molecule has 0 saturated carbocycles. The zero-order chi connectivity index (χ0) is 29.1. The molecule has 0 aliphatic carbocycles. The minimum Gasteiger partial charge on any atom is -0.481 e. The Morgan fingerprint density at radius 1 is 0.975 bits per heavy atom. The van der Waals surface area contributed by atoms with E-state index in [2.05, 4.69) is 0 Å². The van der Waals surface area contributed by atoms with Crippen molar-refractivity contribution in [3.63, 3.8) is 0 Å². The molecule has 1 N–H and O–H groups in total. The first kappa shape index (κ1) is 29.8. The number of aliphatic carboxylic acids is 1. The van der Waals surface area contributed by atoms with Crippen molar-refractivity contribution in [3.8, 4) is 0 Å². The summed E-state index contributed by atoms with van der Waals surface area (Å²) in [7, 11) is 0. The third-order valence-electron chi connectivity index (χ3n) is 6.68. The fourth-order valence-corrected chi connectivity index (χ4v) is 5.78. The van der Waals surface area contributed by atoms with Gasteiger partial charge in [-0.05, 0) is 48.7 Å². The van der Waals surface area contributed by atoms with Crippen molar-refractivity contribution in [1.29, 1.82) is 0 Å². The number of alkyl halides is 6. The molecule has 6 nitrogen and oxygen atoms in total. The first-order chi connectivity index (χ1) is 18.8. The number of ether oxygens (including phenoxy) is 1. The minimum absolute atomic E-state index is 0.222. The third kappa shape index (κ3) is 7.11. The molecule has 2 aliphatic rings. The van der Waals surface area contributed by atoms with Crippen molar-refractivity contribution in [3.05, 3.63) is 59.2 Å². The van der Waals surface area contributed by atoms with Crippen molar-refractivity contribution in [2.45, 2.75) is 35.0 Å². The quantitative estimate of drug-likeness (QED) is 0.328. The summed E-state index contributed by atoms with van der Waals surface area (Å²) >= 11 is 0.536. The van der Waals surface area contributed by atoms with Crippen LogP contribution in [0.1, 0.15) is 29.5 Å². The van der Waals surface area contributed by atoms with Gasteiger partial charge in [-0.25, -0.2) is 0 Å². The Hall–Kier alpha value is -3.19. The number of nitrogens with zero attached hydrogens (tertiary/aromatic N) is 2. The van der Waals surface area contributed by atoms with Crippen LogP contribution in [0.3, 0.4) is 0 Å². The maximum atomic E-state index is 14.2. The third-order valence-corrected chi connectivity index (χ3v) is 7.73. The van der Waals surface area contributed by atoms with Crippen molar-refractivity contribution in [2.75, 3.05) is 44.3 Å². The molecule has 2 aromatic rings. The summed E-state index contributed by atoms with van der Waals surface area (Å²) in [6, 6.07) is 8.16. The Labute approximate surface area is 230 Å². The predicted octanol–water partition coefficient (Wildman–Crippen LogP) is 6.05. The van der Waals surface area contributed by atoms with Gasteiger partial charge in [0.25, 0.3) is 0 Å².